The Labute approximate surface area is 123 Å². The van der Waals surface area contributed by atoms with Crippen LogP contribution >= 0.6 is 22.9 Å². The maximum atomic E-state index is 11.3. The number of benzene rings is 1. The summed E-state index contributed by atoms with van der Waals surface area (Å²) in [6, 6.07) is 6.45. The van der Waals surface area contributed by atoms with Crippen LogP contribution < -0.4 is 5.14 Å². The minimum absolute atomic E-state index is 0.0711. The van der Waals surface area contributed by atoms with Gasteiger partial charge in [-0.3, -0.25) is 0 Å². The molecule has 0 saturated carbocycles. The lowest BCUT2D eigenvalue weighted by atomic mass is 10.2. The summed E-state index contributed by atoms with van der Waals surface area (Å²) in [6.07, 6.45) is 1.66. The van der Waals surface area contributed by atoms with Gasteiger partial charge in [0, 0.05) is 10.9 Å². The number of aromatic nitrogens is 4. The van der Waals surface area contributed by atoms with Crippen LogP contribution in [0.2, 0.25) is 0 Å². The molecule has 0 fully saturated rings. The summed E-state index contributed by atoms with van der Waals surface area (Å²) < 4.78 is 26.1. The van der Waals surface area contributed by atoms with E-state index in [9.17, 15) is 8.42 Å². The predicted molar refractivity (Wildman–Crippen MR) is 76.6 cm³/mol. The predicted octanol–water partition coefficient (Wildman–Crippen LogP) is 1.39. The fourth-order valence-corrected chi connectivity index (χ4v) is 2.99. The molecular formula is C10H9N5O2S3. The summed E-state index contributed by atoms with van der Waals surface area (Å²) in [5.41, 5.74) is 2.03. The molecule has 10 heteroatoms. The first kappa shape index (κ1) is 14.7. The summed E-state index contributed by atoms with van der Waals surface area (Å²) in [4.78, 5) is 0.0711. The van der Waals surface area contributed by atoms with Crippen LogP contribution in [0.1, 0.15) is 0 Å². The normalized spacial score (nSPS) is 10.7. The Bertz CT molecular complexity index is 724. The van der Waals surface area contributed by atoms with Gasteiger partial charge in [-0.1, -0.05) is 34.0 Å². The van der Waals surface area contributed by atoms with E-state index >= 15 is 0 Å². The van der Waals surface area contributed by atoms with E-state index in [-0.39, 0.29) is 4.90 Å². The van der Waals surface area contributed by atoms with E-state index in [1.54, 1.807) is 24.4 Å². The minimum atomic E-state index is -3.72. The topological polar surface area (TPSA) is 112 Å². The average Bonchev–Trinajstić information content (AvgIpc) is 3.14. The Morgan fingerprint density at radius 3 is 2.45 bits per heavy atom. The molecule has 0 unspecified atom stereocenters. The largest absolute Gasteiger partial charge is 0.238 e. The van der Waals surface area contributed by atoms with Crippen molar-refractivity contribution in [3.8, 4) is 10.6 Å². The second kappa shape index (κ2) is 6.61. The van der Waals surface area contributed by atoms with Gasteiger partial charge in [-0.25, -0.2) is 13.6 Å². The summed E-state index contributed by atoms with van der Waals surface area (Å²) in [6.45, 7) is 0. The van der Waals surface area contributed by atoms with E-state index < -0.39 is 10.0 Å². The van der Waals surface area contributed by atoms with E-state index in [0.29, 0.717) is 10.6 Å². The molecule has 0 saturated heterocycles. The molecule has 0 aliphatic heterocycles. The number of hydrogen-bond acceptors (Lipinski definition) is 8. The molecule has 0 bridgehead atoms. The smallest absolute Gasteiger partial charge is 0.225 e. The first-order valence-electron chi connectivity index (χ1n) is 5.18. The van der Waals surface area contributed by atoms with Crippen molar-refractivity contribution in [3.05, 3.63) is 41.4 Å². The van der Waals surface area contributed by atoms with Gasteiger partial charge in [-0.05, 0) is 17.6 Å². The monoisotopic (exact) mass is 327 g/mol. The molecule has 104 valence electrons. The van der Waals surface area contributed by atoms with E-state index in [2.05, 4.69) is 19.8 Å². The molecule has 2 N–H and O–H groups in total. The SMILES string of the molecule is NS(=O)(=O)c1ccccc1-c1nncs1.c1csnn1. The van der Waals surface area contributed by atoms with Crippen molar-refractivity contribution in [3.63, 3.8) is 0 Å². The zero-order valence-electron chi connectivity index (χ0n) is 9.95. The minimum Gasteiger partial charge on any atom is -0.225 e. The van der Waals surface area contributed by atoms with Crippen molar-refractivity contribution in [1.82, 2.24) is 19.8 Å². The number of hydrogen-bond donors (Lipinski definition) is 1. The first-order valence-corrected chi connectivity index (χ1v) is 8.44. The lowest BCUT2D eigenvalue weighted by Crippen LogP contribution is -2.13. The van der Waals surface area contributed by atoms with Gasteiger partial charge >= 0.3 is 0 Å². The molecular weight excluding hydrogens is 318 g/mol. The van der Waals surface area contributed by atoms with Crippen molar-refractivity contribution in [1.29, 1.82) is 0 Å². The Kier molecular flexibility index (Phi) is 4.84. The number of primary sulfonamides is 1. The first-order chi connectivity index (χ1) is 9.59. The van der Waals surface area contributed by atoms with Crippen LogP contribution in [0.3, 0.4) is 0 Å². The van der Waals surface area contributed by atoms with Gasteiger partial charge < -0.3 is 0 Å². The molecule has 3 rings (SSSR count). The third kappa shape index (κ3) is 3.87. The zero-order valence-corrected chi connectivity index (χ0v) is 12.4. The van der Waals surface area contributed by atoms with Gasteiger partial charge in [0.1, 0.15) is 10.5 Å². The molecule has 0 aliphatic rings. The Morgan fingerprint density at radius 1 is 1.15 bits per heavy atom. The number of rotatable bonds is 2. The number of sulfonamides is 1. The summed E-state index contributed by atoms with van der Waals surface area (Å²) in [5, 5.41) is 18.4. The van der Waals surface area contributed by atoms with Gasteiger partial charge in [0.2, 0.25) is 10.0 Å². The highest BCUT2D eigenvalue weighted by atomic mass is 32.2. The highest BCUT2D eigenvalue weighted by Gasteiger charge is 2.15. The van der Waals surface area contributed by atoms with Crippen LogP contribution in [0.15, 0.2) is 46.2 Å². The molecule has 0 amide bonds. The van der Waals surface area contributed by atoms with Crippen LogP contribution in [-0.2, 0) is 10.0 Å². The van der Waals surface area contributed by atoms with Crippen LogP contribution in [0, 0.1) is 0 Å². The highest BCUT2D eigenvalue weighted by Crippen LogP contribution is 2.26. The third-order valence-corrected chi connectivity index (χ3v) is 4.19. The third-order valence-electron chi connectivity index (χ3n) is 2.07. The van der Waals surface area contributed by atoms with Gasteiger partial charge in [0.15, 0.2) is 0 Å². The average molecular weight is 327 g/mol. The van der Waals surface area contributed by atoms with Gasteiger partial charge in [-0.2, -0.15) is 0 Å². The van der Waals surface area contributed by atoms with Crippen molar-refractivity contribution in [2.45, 2.75) is 4.90 Å². The van der Waals surface area contributed by atoms with Crippen molar-refractivity contribution < 1.29 is 8.42 Å². The van der Waals surface area contributed by atoms with Crippen molar-refractivity contribution in [2.75, 3.05) is 0 Å². The fourth-order valence-electron chi connectivity index (χ4n) is 1.32. The summed E-state index contributed by atoms with van der Waals surface area (Å²) in [5.74, 6) is 0. The van der Waals surface area contributed by atoms with E-state index in [0.717, 1.165) is 0 Å². The van der Waals surface area contributed by atoms with Crippen LogP contribution in [0.5, 0.6) is 0 Å². The van der Waals surface area contributed by atoms with Gasteiger partial charge in [0.25, 0.3) is 0 Å². The second-order valence-electron chi connectivity index (χ2n) is 3.37. The second-order valence-corrected chi connectivity index (χ2v) is 6.38. The molecule has 0 atom stereocenters. The molecule has 0 spiro atoms. The number of nitrogens with two attached hydrogens (primary N) is 1. The van der Waals surface area contributed by atoms with Crippen molar-refractivity contribution >= 4 is 32.9 Å². The quantitative estimate of drug-likeness (QED) is 0.761. The summed E-state index contributed by atoms with van der Waals surface area (Å²) >= 11 is 2.62. The molecule has 0 radical (unpaired) electrons. The molecule has 0 aliphatic carbocycles. The molecule has 1 aromatic carbocycles. The summed E-state index contributed by atoms with van der Waals surface area (Å²) in [7, 11) is -3.72. The standard InChI is InChI=1S/C8H7N3O2S2.C2H2N2S/c9-15(12,13)7-4-2-1-3-6(7)8-11-10-5-14-8;1-2-5-4-3-1/h1-5H,(H2,9,12,13);1-2H. The van der Waals surface area contributed by atoms with Crippen LogP contribution in [0.4, 0.5) is 0 Å². The molecule has 2 heterocycles. The van der Waals surface area contributed by atoms with E-state index in [1.165, 1.54) is 34.4 Å². The van der Waals surface area contributed by atoms with Crippen LogP contribution in [0.25, 0.3) is 10.6 Å². The number of nitrogens with zero attached hydrogens (tertiary/aromatic N) is 4. The maximum Gasteiger partial charge on any atom is 0.238 e. The molecule has 20 heavy (non-hydrogen) atoms. The maximum absolute atomic E-state index is 11.3. The Balaban J connectivity index is 0.000000247. The zero-order chi connectivity index (χ0) is 14.4. The fraction of sp³-hybridized carbons (Fsp3) is 0. The highest BCUT2D eigenvalue weighted by molar-refractivity contribution is 7.89. The van der Waals surface area contributed by atoms with Crippen molar-refractivity contribution in [2.24, 2.45) is 5.14 Å². The molecule has 2 aromatic heterocycles. The lowest BCUT2D eigenvalue weighted by molar-refractivity contribution is 0.598. The van der Waals surface area contributed by atoms with Gasteiger partial charge in [0.05, 0.1) is 11.1 Å². The molecule has 7 nitrogen and oxygen atoms in total. The van der Waals surface area contributed by atoms with E-state index in [4.69, 9.17) is 5.14 Å². The van der Waals surface area contributed by atoms with E-state index in [1.807, 2.05) is 5.38 Å². The Hall–Kier alpha value is -1.75. The molecule has 3 aromatic rings. The van der Waals surface area contributed by atoms with Crippen LogP contribution in [-0.4, -0.2) is 28.2 Å². The van der Waals surface area contributed by atoms with Gasteiger partial charge in [-0.15, -0.1) is 15.3 Å². The Morgan fingerprint density at radius 2 is 1.95 bits per heavy atom. The lowest BCUT2D eigenvalue weighted by Gasteiger charge is -2.02.